The molecule has 2 aliphatic heterocycles. The number of nitrogens with one attached hydrogen (secondary N) is 1. The van der Waals surface area contributed by atoms with Crippen molar-refractivity contribution in [3.8, 4) is 0 Å². The highest BCUT2D eigenvalue weighted by atomic mass is 16.7. The molecule has 12 unspecified atom stereocenters. The van der Waals surface area contributed by atoms with Gasteiger partial charge >= 0.3 is 0 Å². The molecular formula is C77H141NO13. The summed E-state index contributed by atoms with van der Waals surface area (Å²) in [7, 11) is 0. The van der Waals surface area contributed by atoms with Crippen molar-refractivity contribution in [3.05, 3.63) is 60.8 Å². The van der Waals surface area contributed by atoms with Crippen LogP contribution >= 0.6 is 0 Å². The lowest BCUT2D eigenvalue weighted by molar-refractivity contribution is -0.359. The number of allylic oxidation sites excluding steroid dienone is 9. The van der Waals surface area contributed by atoms with Crippen molar-refractivity contribution in [2.24, 2.45) is 0 Å². The van der Waals surface area contributed by atoms with Crippen LogP contribution in [0.3, 0.4) is 0 Å². The molecular weight excluding hydrogens is 1150 g/mol. The number of hydrogen-bond donors (Lipinski definition) is 9. The fourth-order valence-electron chi connectivity index (χ4n) is 12.5. The Balaban J connectivity index is 1.61. The van der Waals surface area contributed by atoms with Gasteiger partial charge in [-0.1, -0.05) is 325 Å². The van der Waals surface area contributed by atoms with Crippen LogP contribution in [-0.2, 0) is 23.7 Å². The first-order valence-corrected chi connectivity index (χ1v) is 38.0. The fraction of sp³-hybridized carbons (Fsp3) is 0.857. The van der Waals surface area contributed by atoms with Gasteiger partial charge in [-0.05, 0) is 57.8 Å². The molecule has 2 rings (SSSR count). The van der Waals surface area contributed by atoms with Gasteiger partial charge in [-0.25, -0.2) is 0 Å². The van der Waals surface area contributed by atoms with Crippen LogP contribution in [0.4, 0.5) is 0 Å². The molecule has 14 nitrogen and oxygen atoms in total. The van der Waals surface area contributed by atoms with Gasteiger partial charge < -0.3 is 65.1 Å². The highest BCUT2D eigenvalue weighted by Gasteiger charge is 2.51. The van der Waals surface area contributed by atoms with Crippen molar-refractivity contribution in [1.82, 2.24) is 5.32 Å². The SMILES string of the molecule is CC/C=C\C/C=C\C/C=C\C/C=C\CCCCCCCCCCCCCCCCCCCCCCCCC(=O)NC(COC1OC(CO)C(OC2OC(CO)C(O)C(O)C2O)C(O)C1O)C(O)/C=C/CCCCCCCCCCCCCCCCCCCCCC. The molecule has 91 heavy (non-hydrogen) atoms. The van der Waals surface area contributed by atoms with Gasteiger partial charge in [0.2, 0.25) is 5.91 Å². The van der Waals surface area contributed by atoms with Gasteiger partial charge in [0, 0.05) is 6.42 Å². The number of carbonyl (C=O) groups excluding carboxylic acids is 1. The lowest BCUT2D eigenvalue weighted by Gasteiger charge is -2.46. The molecule has 2 saturated heterocycles. The van der Waals surface area contributed by atoms with Crippen LogP contribution in [0.1, 0.15) is 328 Å². The highest BCUT2D eigenvalue weighted by Crippen LogP contribution is 2.30. The first-order chi connectivity index (χ1) is 44.6. The Hall–Kier alpha value is -2.31. The van der Waals surface area contributed by atoms with Gasteiger partial charge in [0.25, 0.3) is 0 Å². The largest absolute Gasteiger partial charge is 0.394 e. The molecule has 2 heterocycles. The summed E-state index contributed by atoms with van der Waals surface area (Å²) in [5.74, 6) is -0.233. The number of carbonyl (C=O) groups is 1. The van der Waals surface area contributed by atoms with Gasteiger partial charge in [0.15, 0.2) is 12.6 Å². The first kappa shape index (κ1) is 84.8. The Bertz CT molecular complexity index is 1760. The number of rotatable bonds is 63. The summed E-state index contributed by atoms with van der Waals surface area (Å²) < 4.78 is 22.9. The van der Waals surface area contributed by atoms with Crippen LogP contribution in [0.5, 0.6) is 0 Å². The van der Waals surface area contributed by atoms with Crippen molar-refractivity contribution >= 4 is 5.91 Å². The molecule has 0 aromatic carbocycles. The monoisotopic (exact) mass is 1290 g/mol. The van der Waals surface area contributed by atoms with E-state index in [-0.39, 0.29) is 18.9 Å². The Morgan fingerprint density at radius 1 is 0.407 bits per heavy atom. The number of aliphatic hydroxyl groups excluding tert-OH is 8. The van der Waals surface area contributed by atoms with Crippen LogP contribution in [0.15, 0.2) is 60.8 Å². The van der Waals surface area contributed by atoms with Crippen molar-refractivity contribution < 1.29 is 64.6 Å². The predicted molar refractivity (Wildman–Crippen MR) is 374 cm³/mol. The Morgan fingerprint density at radius 3 is 1.16 bits per heavy atom. The third-order valence-corrected chi connectivity index (χ3v) is 18.5. The summed E-state index contributed by atoms with van der Waals surface area (Å²) in [5.41, 5.74) is 0. The van der Waals surface area contributed by atoms with E-state index >= 15 is 0 Å². The third kappa shape index (κ3) is 44.9. The van der Waals surface area contributed by atoms with E-state index in [0.29, 0.717) is 6.42 Å². The van der Waals surface area contributed by atoms with E-state index in [2.05, 4.69) is 67.8 Å². The molecule has 2 fully saturated rings. The zero-order valence-electron chi connectivity index (χ0n) is 58.1. The van der Waals surface area contributed by atoms with Crippen LogP contribution in [0.25, 0.3) is 0 Å². The predicted octanol–water partition coefficient (Wildman–Crippen LogP) is 16.4. The summed E-state index contributed by atoms with van der Waals surface area (Å²) in [6.07, 6.45) is 65.8. The number of ether oxygens (including phenoxy) is 4. The zero-order valence-corrected chi connectivity index (χ0v) is 58.1. The molecule has 0 aliphatic carbocycles. The lowest BCUT2D eigenvalue weighted by Crippen LogP contribution is -2.65. The fourth-order valence-corrected chi connectivity index (χ4v) is 12.5. The Morgan fingerprint density at radius 2 is 0.758 bits per heavy atom. The molecule has 1 amide bonds. The quantitative estimate of drug-likeness (QED) is 0.0204. The van der Waals surface area contributed by atoms with Crippen molar-refractivity contribution in [1.29, 1.82) is 0 Å². The second-order valence-corrected chi connectivity index (χ2v) is 26.8. The Kier molecular flexibility index (Phi) is 57.1. The normalized spacial score (nSPS) is 23.1. The smallest absolute Gasteiger partial charge is 0.220 e. The van der Waals surface area contributed by atoms with Gasteiger partial charge in [-0.15, -0.1) is 0 Å². The number of amides is 1. The van der Waals surface area contributed by atoms with E-state index in [1.54, 1.807) is 6.08 Å². The molecule has 0 aromatic heterocycles. The topological polar surface area (TPSA) is 228 Å². The van der Waals surface area contributed by atoms with Crippen molar-refractivity contribution in [2.75, 3.05) is 19.8 Å². The summed E-state index contributed by atoms with van der Waals surface area (Å²) in [6.45, 7) is 2.74. The zero-order chi connectivity index (χ0) is 65.9. The first-order valence-electron chi connectivity index (χ1n) is 38.0. The third-order valence-electron chi connectivity index (χ3n) is 18.5. The number of hydrogen-bond acceptors (Lipinski definition) is 13. The van der Waals surface area contributed by atoms with Gasteiger partial charge in [-0.3, -0.25) is 4.79 Å². The van der Waals surface area contributed by atoms with Crippen molar-refractivity contribution in [2.45, 2.75) is 402 Å². The van der Waals surface area contributed by atoms with Crippen molar-refractivity contribution in [3.63, 3.8) is 0 Å². The molecule has 0 radical (unpaired) electrons. The summed E-state index contributed by atoms with van der Waals surface area (Å²) in [4.78, 5) is 13.4. The molecule has 0 bridgehead atoms. The molecule has 2 aliphatic rings. The van der Waals surface area contributed by atoms with Gasteiger partial charge in [-0.2, -0.15) is 0 Å². The van der Waals surface area contributed by atoms with Gasteiger partial charge in [0.1, 0.15) is 48.8 Å². The number of aliphatic hydroxyl groups is 8. The molecule has 12 atom stereocenters. The number of unbranched alkanes of at least 4 members (excludes halogenated alkanes) is 42. The van der Waals surface area contributed by atoms with Gasteiger partial charge in [0.05, 0.1) is 32.0 Å². The maximum atomic E-state index is 13.4. The Labute approximate surface area is 556 Å². The average Bonchev–Trinajstić information content (AvgIpc) is 0.888. The van der Waals surface area contributed by atoms with E-state index < -0.39 is 86.8 Å². The summed E-state index contributed by atoms with van der Waals surface area (Å²) >= 11 is 0. The standard InChI is InChI=1S/C77H141NO13/c1-3-5-7-9-11-13-15-17-19-21-23-25-27-28-29-30-31-32-33-34-35-36-37-38-39-41-43-45-47-49-51-53-55-57-59-61-69(82)78-65(64-88-76-74(87)72(85)75(68(63-80)90-76)91-77-73(86)71(84)70(83)67(62-79)89-77)66(81)60-58-56-54-52-50-48-46-44-42-40-26-24-22-20-18-16-14-12-10-8-6-4-2/h5,7,11,13,17,19,23,25,58,60,65-68,70-77,79-81,83-87H,3-4,6,8-10,12,14-16,18,20-22,24,26-57,59,61-64H2,1-2H3,(H,78,82)/b7-5-,13-11-,19-17-,25-23-,60-58+. The van der Waals surface area contributed by atoms with E-state index in [4.69, 9.17) is 18.9 Å². The van der Waals surface area contributed by atoms with Crippen LogP contribution in [0, 0.1) is 0 Å². The molecule has 532 valence electrons. The minimum atomic E-state index is -1.79. The van der Waals surface area contributed by atoms with E-state index in [1.807, 2.05) is 6.08 Å². The molecule has 0 aromatic rings. The van der Waals surface area contributed by atoms with E-state index in [1.165, 1.54) is 238 Å². The minimum Gasteiger partial charge on any atom is -0.394 e. The minimum absolute atomic E-state index is 0.233. The summed E-state index contributed by atoms with van der Waals surface area (Å²) in [5, 5.41) is 87.6. The van der Waals surface area contributed by atoms with Crippen LogP contribution < -0.4 is 5.32 Å². The molecule has 9 N–H and O–H groups in total. The molecule has 0 spiro atoms. The maximum Gasteiger partial charge on any atom is 0.220 e. The summed E-state index contributed by atoms with van der Waals surface area (Å²) in [6, 6.07) is -0.916. The van der Waals surface area contributed by atoms with E-state index in [9.17, 15) is 45.6 Å². The van der Waals surface area contributed by atoms with Crippen LogP contribution in [0.2, 0.25) is 0 Å². The molecule has 14 heteroatoms. The average molecular weight is 1290 g/mol. The van der Waals surface area contributed by atoms with Crippen LogP contribution in [-0.4, -0.2) is 140 Å². The molecule has 0 saturated carbocycles. The van der Waals surface area contributed by atoms with E-state index in [0.717, 1.165) is 64.2 Å². The lowest BCUT2D eigenvalue weighted by atomic mass is 9.97. The second kappa shape index (κ2) is 61.3. The maximum absolute atomic E-state index is 13.4. The highest BCUT2D eigenvalue weighted by molar-refractivity contribution is 5.76. The second-order valence-electron chi connectivity index (χ2n) is 26.8.